The van der Waals surface area contributed by atoms with Gasteiger partial charge in [0.1, 0.15) is 11.6 Å². The zero-order valence-corrected chi connectivity index (χ0v) is 9.28. The number of hydrogen-bond acceptors (Lipinski definition) is 4. The minimum absolute atomic E-state index is 0.197. The van der Waals surface area contributed by atoms with Gasteiger partial charge < -0.3 is 9.52 Å². The lowest BCUT2D eigenvalue weighted by Gasteiger charge is -1.99. The van der Waals surface area contributed by atoms with Gasteiger partial charge in [0.2, 0.25) is 0 Å². The summed E-state index contributed by atoms with van der Waals surface area (Å²) in [6.45, 7) is 0. The molecule has 0 aliphatic carbocycles. The van der Waals surface area contributed by atoms with Crippen LogP contribution in [-0.4, -0.2) is 25.7 Å². The molecule has 0 aliphatic heterocycles. The second-order valence-corrected chi connectivity index (χ2v) is 3.82. The van der Waals surface area contributed by atoms with Crippen molar-refractivity contribution in [2.75, 3.05) is 0 Å². The summed E-state index contributed by atoms with van der Waals surface area (Å²) in [7, 11) is 0. The molecule has 0 aromatic carbocycles. The van der Waals surface area contributed by atoms with Gasteiger partial charge in [-0.2, -0.15) is 0 Å². The molecule has 0 radical (unpaired) electrons. The predicted octanol–water partition coefficient (Wildman–Crippen LogP) is 1.61. The third kappa shape index (κ3) is 1.73. The van der Waals surface area contributed by atoms with E-state index in [-0.39, 0.29) is 5.56 Å². The summed E-state index contributed by atoms with van der Waals surface area (Å²) in [6.07, 6.45) is 3.56. The van der Waals surface area contributed by atoms with Crippen LogP contribution in [0.4, 0.5) is 0 Å². The maximum Gasteiger partial charge on any atom is 0.337 e. The van der Waals surface area contributed by atoms with Crippen molar-refractivity contribution in [3.8, 4) is 0 Å². The molecular formula is C12H9N3O3. The number of furan rings is 1. The Labute approximate surface area is 101 Å². The maximum absolute atomic E-state index is 10.9. The molecule has 0 bridgehead atoms. The lowest BCUT2D eigenvalue weighted by molar-refractivity contribution is 0.0696. The average molecular weight is 243 g/mol. The molecule has 0 aliphatic rings. The molecule has 0 fully saturated rings. The molecule has 6 heteroatoms. The van der Waals surface area contributed by atoms with Gasteiger partial charge in [0.05, 0.1) is 18.2 Å². The number of pyridine rings is 1. The Hall–Kier alpha value is -2.63. The molecule has 3 aromatic rings. The van der Waals surface area contributed by atoms with E-state index in [1.54, 1.807) is 22.8 Å². The lowest BCUT2D eigenvalue weighted by atomic mass is 10.2. The number of hydrogen-bond donors (Lipinski definition) is 1. The molecular weight excluding hydrogens is 234 g/mol. The van der Waals surface area contributed by atoms with Crippen LogP contribution in [0.25, 0.3) is 5.65 Å². The zero-order chi connectivity index (χ0) is 12.5. The van der Waals surface area contributed by atoms with Crippen molar-refractivity contribution in [3.63, 3.8) is 0 Å². The molecule has 0 amide bonds. The van der Waals surface area contributed by atoms with E-state index in [2.05, 4.69) is 10.2 Å². The topological polar surface area (TPSA) is 80.6 Å². The first-order valence-corrected chi connectivity index (χ1v) is 5.33. The van der Waals surface area contributed by atoms with Gasteiger partial charge in [0.25, 0.3) is 0 Å². The van der Waals surface area contributed by atoms with E-state index in [1.807, 2.05) is 6.07 Å². The lowest BCUT2D eigenvalue weighted by Crippen LogP contribution is -2.01. The van der Waals surface area contributed by atoms with Crippen molar-refractivity contribution < 1.29 is 14.3 Å². The molecule has 3 heterocycles. The number of aromatic nitrogens is 3. The largest absolute Gasteiger partial charge is 0.478 e. The molecule has 6 nitrogen and oxygen atoms in total. The highest BCUT2D eigenvalue weighted by Crippen LogP contribution is 2.11. The SMILES string of the molecule is O=C(O)c1ccc2nnc(Cc3ccco3)n2c1. The van der Waals surface area contributed by atoms with E-state index in [9.17, 15) is 4.79 Å². The van der Waals surface area contributed by atoms with Crippen LogP contribution in [0.5, 0.6) is 0 Å². The molecule has 3 rings (SSSR count). The van der Waals surface area contributed by atoms with Crippen molar-refractivity contribution in [2.24, 2.45) is 0 Å². The van der Waals surface area contributed by atoms with Gasteiger partial charge in [-0.15, -0.1) is 10.2 Å². The van der Waals surface area contributed by atoms with E-state index in [0.29, 0.717) is 17.9 Å². The highest BCUT2D eigenvalue weighted by Gasteiger charge is 2.10. The van der Waals surface area contributed by atoms with Crippen LogP contribution in [0.15, 0.2) is 41.1 Å². The van der Waals surface area contributed by atoms with Crippen LogP contribution in [-0.2, 0) is 6.42 Å². The average Bonchev–Trinajstić information content (AvgIpc) is 2.99. The fourth-order valence-electron chi connectivity index (χ4n) is 1.75. The maximum atomic E-state index is 10.9. The molecule has 0 atom stereocenters. The molecule has 0 saturated carbocycles. The van der Waals surface area contributed by atoms with Crippen molar-refractivity contribution >= 4 is 11.6 Å². The minimum Gasteiger partial charge on any atom is -0.478 e. The first kappa shape index (κ1) is 10.5. The standard InChI is InChI=1S/C12H9N3O3/c16-12(17)8-3-4-10-13-14-11(15(10)7-8)6-9-2-1-5-18-9/h1-5,7H,6H2,(H,16,17). The Morgan fingerprint density at radius 3 is 2.94 bits per heavy atom. The molecule has 3 aromatic heterocycles. The third-order valence-corrected chi connectivity index (χ3v) is 2.63. The van der Waals surface area contributed by atoms with E-state index < -0.39 is 5.97 Å². The van der Waals surface area contributed by atoms with E-state index in [4.69, 9.17) is 9.52 Å². The summed E-state index contributed by atoms with van der Waals surface area (Å²) in [5.74, 6) is 0.419. The third-order valence-electron chi connectivity index (χ3n) is 2.63. The zero-order valence-electron chi connectivity index (χ0n) is 9.28. The van der Waals surface area contributed by atoms with Crippen molar-refractivity contribution in [2.45, 2.75) is 6.42 Å². The first-order valence-electron chi connectivity index (χ1n) is 5.33. The number of carboxylic acid groups (broad SMARTS) is 1. The number of nitrogens with zero attached hydrogens (tertiary/aromatic N) is 3. The van der Waals surface area contributed by atoms with Crippen LogP contribution in [0.3, 0.4) is 0 Å². The highest BCUT2D eigenvalue weighted by molar-refractivity contribution is 5.87. The van der Waals surface area contributed by atoms with E-state index in [0.717, 1.165) is 5.76 Å². The fourth-order valence-corrected chi connectivity index (χ4v) is 1.75. The molecule has 1 N–H and O–H groups in total. The monoisotopic (exact) mass is 243 g/mol. The molecule has 18 heavy (non-hydrogen) atoms. The predicted molar refractivity (Wildman–Crippen MR) is 61.5 cm³/mol. The van der Waals surface area contributed by atoms with Gasteiger partial charge in [-0.05, 0) is 24.3 Å². The number of carbonyl (C=O) groups is 1. The van der Waals surface area contributed by atoms with Gasteiger partial charge in [0, 0.05) is 6.20 Å². The Bertz CT molecular complexity index is 701. The van der Waals surface area contributed by atoms with Crippen molar-refractivity contribution in [1.82, 2.24) is 14.6 Å². The summed E-state index contributed by atoms with van der Waals surface area (Å²) >= 11 is 0. The second-order valence-electron chi connectivity index (χ2n) is 3.82. The molecule has 0 unspecified atom stereocenters. The Balaban J connectivity index is 2.06. The molecule has 0 saturated heterocycles. The van der Waals surface area contributed by atoms with Gasteiger partial charge >= 0.3 is 5.97 Å². The molecule has 0 spiro atoms. The minimum atomic E-state index is -0.977. The number of rotatable bonds is 3. The van der Waals surface area contributed by atoms with Crippen molar-refractivity contribution in [3.05, 3.63) is 53.9 Å². The highest BCUT2D eigenvalue weighted by atomic mass is 16.4. The quantitative estimate of drug-likeness (QED) is 0.755. The van der Waals surface area contributed by atoms with Crippen LogP contribution in [0.1, 0.15) is 21.9 Å². The summed E-state index contributed by atoms with van der Waals surface area (Å²) in [6, 6.07) is 6.76. The van der Waals surface area contributed by atoms with Gasteiger partial charge in [-0.3, -0.25) is 4.40 Å². The van der Waals surface area contributed by atoms with Crippen LogP contribution in [0.2, 0.25) is 0 Å². The van der Waals surface area contributed by atoms with E-state index >= 15 is 0 Å². The summed E-state index contributed by atoms with van der Waals surface area (Å²) < 4.78 is 6.89. The summed E-state index contributed by atoms with van der Waals surface area (Å²) in [5.41, 5.74) is 0.810. The van der Waals surface area contributed by atoms with E-state index in [1.165, 1.54) is 12.3 Å². The second kappa shape index (κ2) is 3.99. The Kier molecular flexibility index (Phi) is 2.33. The van der Waals surface area contributed by atoms with Gasteiger partial charge in [-0.1, -0.05) is 0 Å². The Morgan fingerprint density at radius 2 is 2.22 bits per heavy atom. The smallest absolute Gasteiger partial charge is 0.337 e. The number of aromatic carboxylic acids is 1. The molecule has 90 valence electrons. The number of carboxylic acids is 1. The Morgan fingerprint density at radius 1 is 1.33 bits per heavy atom. The number of fused-ring (bicyclic) bond motifs is 1. The normalized spacial score (nSPS) is 10.9. The van der Waals surface area contributed by atoms with Gasteiger partial charge in [0.15, 0.2) is 5.65 Å². The fraction of sp³-hybridized carbons (Fsp3) is 0.0833. The first-order chi connectivity index (χ1) is 8.74. The van der Waals surface area contributed by atoms with Crippen LogP contribution >= 0.6 is 0 Å². The van der Waals surface area contributed by atoms with Crippen LogP contribution < -0.4 is 0 Å². The van der Waals surface area contributed by atoms with Gasteiger partial charge in [-0.25, -0.2) is 4.79 Å². The van der Waals surface area contributed by atoms with Crippen LogP contribution in [0, 0.1) is 0 Å². The summed E-state index contributed by atoms with van der Waals surface area (Å²) in [5, 5.41) is 17.0. The summed E-state index contributed by atoms with van der Waals surface area (Å²) in [4.78, 5) is 10.9. The van der Waals surface area contributed by atoms with Crippen molar-refractivity contribution in [1.29, 1.82) is 0 Å².